The van der Waals surface area contributed by atoms with Gasteiger partial charge in [-0.05, 0) is 36.8 Å². The molecule has 0 radical (unpaired) electrons. The van der Waals surface area contributed by atoms with Gasteiger partial charge in [0.05, 0.1) is 0 Å². The summed E-state index contributed by atoms with van der Waals surface area (Å²) in [7, 11) is 0. The van der Waals surface area contributed by atoms with Crippen molar-refractivity contribution in [2.45, 2.75) is 44.4 Å². The highest BCUT2D eigenvalue weighted by molar-refractivity contribution is 5.24. The molecule has 1 saturated carbocycles. The molecule has 0 amide bonds. The Morgan fingerprint density at radius 2 is 1.71 bits per heavy atom. The molecule has 3 rings (SSSR count). The highest BCUT2D eigenvalue weighted by atomic mass is 14.9. The van der Waals surface area contributed by atoms with E-state index in [9.17, 15) is 0 Å². The molecule has 1 aromatic carbocycles. The summed E-state index contributed by atoms with van der Waals surface area (Å²) < 4.78 is 0. The quantitative estimate of drug-likeness (QED) is 0.774. The third-order valence-corrected chi connectivity index (χ3v) is 4.94. The molecule has 1 nitrogen and oxygen atoms in total. The molecular formula is C16H23N. The van der Waals surface area contributed by atoms with Crippen LogP contribution in [0.25, 0.3) is 0 Å². The number of piperidine rings is 1. The molecule has 2 fully saturated rings. The molecule has 1 spiro atoms. The lowest BCUT2D eigenvalue weighted by molar-refractivity contribution is 0.103. The molecule has 1 unspecified atom stereocenters. The van der Waals surface area contributed by atoms with Crippen LogP contribution in [0, 0.1) is 5.41 Å². The van der Waals surface area contributed by atoms with Crippen LogP contribution < -0.4 is 5.32 Å². The van der Waals surface area contributed by atoms with Crippen molar-refractivity contribution in [3.8, 4) is 0 Å². The zero-order valence-corrected chi connectivity index (χ0v) is 10.6. The van der Waals surface area contributed by atoms with Crippen molar-refractivity contribution in [2.24, 2.45) is 5.41 Å². The molecular weight excluding hydrogens is 206 g/mol. The predicted molar refractivity (Wildman–Crippen MR) is 72.2 cm³/mol. The second-order valence-electron chi connectivity index (χ2n) is 5.84. The average Bonchev–Trinajstić information content (AvgIpc) is 2.41. The third-order valence-electron chi connectivity index (χ3n) is 4.94. The highest BCUT2D eigenvalue weighted by Crippen LogP contribution is 2.50. The normalized spacial score (nSPS) is 28.1. The topological polar surface area (TPSA) is 12.0 Å². The van der Waals surface area contributed by atoms with Crippen LogP contribution in [-0.2, 0) is 0 Å². The third kappa shape index (κ3) is 2.13. The van der Waals surface area contributed by atoms with E-state index in [4.69, 9.17) is 0 Å². The van der Waals surface area contributed by atoms with Crippen LogP contribution in [0.1, 0.15) is 50.0 Å². The summed E-state index contributed by atoms with van der Waals surface area (Å²) >= 11 is 0. The first-order valence-corrected chi connectivity index (χ1v) is 7.16. The summed E-state index contributed by atoms with van der Waals surface area (Å²) in [4.78, 5) is 0. The Hall–Kier alpha value is -0.820. The number of hydrogen-bond acceptors (Lipinski definition) is 1. The monoisotopic (exact) mass is 229 g/mol. The van der Waals surface area contributed by atoms with E-state index < -0.39 is 0 Å². The van der Waals surface area contributed by atoms with Crippen molar-refractivity contribution in [2.75, 3.05) is 13.1 Å². The van der Waals surface area contributed by atoms with Crippen LogP contribution in [0.15, 0.2) is 30.3 Å². The summed E-state index contributed by atoms with van der Waals surface area (Å²) in [6.07, 6.45) is 8.64. The molecule has 1 N–H and O–H groups in total. The Bertz CT molecular complexity index is 343. The Morgan fingerprint density at radius 3 is 2.47 bits per heavy atom. The number of hydrogen-bond donors (Lipinski definition) is 1. The molecule has 0 aromatic heterocycles. The van der Waals surface area contributed by atoms with Gasteiger partial charge in [-0.1, -0.05) is 49.6 Å². The second-order valence-corrected chi connectivity index (χ2v) is 5.84. The van der Waals surface area contributed by atoms with E-state index in [1.807, 2.05) is 0 Å². The maximum absolute atomic E-state index is 3.60. The maximum atomic E-state index is 3.60. The van der Waals surface area contributed by atoms with Crippen LogP contribution >= 0.6 is 0 Å². The number of nitrogens with one attached hydrogen (secondary N) is 1. The average molecular weight is 229 g/mol. The van der Waals surface area contributed by atoms with Crippen molar-refractivity contribution in [1.82, 2.24) is 5.32 Å². The van der Waals surface area contributed by atoms with Gasteiger partial charge in [-0.3, -0.25) is 0 Å². The summed E-state index contributed by atoms with van der Waals surface area (Å²) in [6.45, 7) is 2.41. The minimum Gasteiger partial charge on any atom is -0.316 e. The van der Waals surface area contributed by atoms with E-state index in [0.717, 1.165) is 5.92 Å². The van der Waals surface area contributed by atoms with Crippen molar-refractivity contribution < 1.29 is 0 Å². The van der Waals surface area contributed by atoms with Crippen molar-refractivity contribution in [3.63, 3.8) is 0 Å². The van der Waals surface area contributed by atoms with Crippen LogP contribution in [0.2, 0.25) is 0 Å². The van der Waals surface area contributed by atoms with Crippen molar-refractivity contribution in [1.29, 1.82) is 0 Å². The fourth-order valence-electron chi connectivity index (χ4n) is 3.99. The molecule has 0 bridgehead atoms. The smallest absolute Gasteiger partial charge is 0.00255 e. The molecule has 92 valence electrons. The number of rotatable bonds is 1. The SMILES string of the molecule is c1ccc(C2CNCCC23CCCCC3)cc1. The van der Waals surface area contributed by atoms with Gasteiger partial charge in [0.1, 0.15) is 0 Å². The van der Waals surface area contributed by atoms with Crippen LogP contribution in [0.3, 0.4) is 0 Å². The zero-order chi connectivity index (χ0) is 11.6. The summed E-state index contributed by atoms with van der Waals surface area (Å²) in [5, 5.41) is 3.60. The van der Waals surface area contributed by atoms with Gasteiger partial charge in [0, 0.05) is 12.5 Å². The predicted octanol–water partition coefficient (Wildman–Crippen LogP) is 3.71. The van der Waals surface area contributed by atoms with Crippen LogP contribution in [0.5, 0.6) is 0 Å². The summed E-state index contributed by atoms with van der Waals surface area (Å²) in [6, 6.07) is 11.2. The van der Waals surface area contributed by atoms with E-state index in [-0.39, 0.29) is 0 Å². The minimum absolute atomic E-state index is 0.616. The van der Waals surface area contributed by atoms with Crippen LogP contribution in [-0.4, -0.2) is 13.1 Å². The molecule has 17 heavy (non-hydrogen) atoms. The molecule has 1 aromatic rings. The molecule has 1 heteroatoms. The molecule has 1 atom stereocenters. The summed E-state index contributed by atoms with van der Waals surface area (Å²) in [5.74, 6) is 0.748. The molecule has 2 aliphatic rings. The molecule has 1 aliphatic heterocycles. The fourth-order valence-corrected chi connectivity index (χ4v) is 3.99. The fraction of sp³-hybridized carbons (Fsp3) is 0.625. The van der Waals surface area contributed by atoms with Crippen LogP contribution in [0.4, 0.5) is 0 Å². The van der Waals surface area contributed by atoms with Gasteiger partial charge < -0.3 is 5.32 Å². The van der Waals surface area contributed by atoms with E-state index in [1.54, 1.807) is 5.56 Å². The Kier molecular flexibility index (Phi) is 3.19. The van der Waals surface area contributed by atoms with E-state index in [0.29, 0.717) is 5.41 Å². The Labute approximate surface area is 105 Å². The van der Waals surface area contributed by atoms with Gasteiger partial charge in [0.15, 0.2) is 0 Å². The van der Waals surface area contributed by atoms with E-state index in [1.165, 1.54) is 51.6 Å². The lowest BCUT2D eigenvalue weighted by Gasteiger charge is -2.47. The number of benzene rings is 1. The highest BCUT2D eigenvalue weighted by Gasteiger charge is 2.41. The molecule has 1 saturated heterocycles. The molecule has 1 heterocycles. The lowest BCUT2D eigenvalue weighted by Crippen LogP contribution is -2.44. The van der Waals surface area contributed by atoms with Gasteiger partial charge in [0.25, 0.3) is 0 Å². The van der Waals surface area contributed by atoms with Crippen molar-refractivity contribution in [3.05, 3.63) is 35.9 Å². The first kappa shape index (κ1) is 11.3. The summed E-state index contributed by atoms with van der Waals surface area (Å²) in [5.41, 5.74) is 2.17. The first-order chi connectivity index (χ1) is 8.41. The Morgan fingerprint density at radius 1 is 0.941 bits per heavy atom. The largest absolute Gasteiger partial charge is 0.316 e. The van der Waals surface area contributed by atoms with E-state index >= 15 is 0 Å². The van der Waals surface area contributed by atoms with Gasteiger partial charge in [-0.25, -0.2) is 0 Å². The zero-order valence-electron chi connectivity index (χ0n) is 10.6. The standard InChI is InChI=1S/C16H23N/c1-3-7-14(8-4-1)15-13-17-12-11-16(15)9-5-2-6-10-16/h1,3-4,7-8,15,17H,2,5-6,9-13H2. The minimum atomic E-state index is 0.616. The van der Waals surface area contributed by atoms with Gasteiger partial charge in [-0.2, -0.15) is 0 Å². The second kappa shape index (κ2) is 4.81. The van der Waals surface area contributed by atoms with Gasteiger partial charge >= 0.3 is 0 Å². The van der Waals surface area contributed by atoms with E-state index in [2.05, 4.69) is 35.6 Å². The first-order valence-electron chi connectivity index (χ1n) is 7.16. The van der Waals surface area contributed by atoms with Crippen molar-refractivity contribution >= 4 is 0 Å². The van der Waals surface area contributed by atoms with Gasteiger partial charge in [-0.15, -0.1) is 0 Å². The Balaban J connectivity index is 1.89. The molecule has 1 aliphatic carbocycles. The maximum Gasteiger partial charge on any atom is 0.00255 e. The lowest BCUT2D eigenvalue weighted by atomic mass is 9.61. The van der Waals surface area contributed by atoms with Gasteiger partial charge in [0.2, 0.25) is 0 Å².